The molecule has 6 nitrogen and oxygen atoms in total. The number of carbonyl (C=O) groups excluding carboxylic acids is 1. The SMILES string of the molecule is CCCCNC(=O)N1CCOC(CC(=O)O)C1. The molecule has 1 aliphatic heterocycles. The van der Waals surface area contributed by atoms with Crippen LogP contribution in [0.3, 0.4) is 0 Å². The second-order valence-corrected chi connectivity index (χ2v) is 4.12. The van der Waals surface area contributed by atoms with Crippen LogP contribution in [0.2, 0.25) is 0 Å². The van der Waals surface area contributed by atoms with Gasteiger partial charge in [-0.3, -0.25) is 4.79 Å². The van der Waals surface area contributed by atoms with Gasteiger partial charge in [-0.05, 0) is 6.42 Å². The maximum absolute atomic E-state index is 11.7. The number of rotatable bonds is 5. The topological polar surface area (TPSA) is 78.9 Å². The van der Waals surface area contributed by atoms with Gasteiger partial charge < -0.3 is 20.1 Å². The molecule has 1 fully saturated rings. The molecule has 0 aromatic rings. The minimum absolute atomic E-state index is 0.0568. The number of urea groups is 1. The summed E-state index contributed by atoms with van der Waals surface area (Å²) in [6, 6.07) is -0.128. The molecule has 98 valence electrons. The summed E-state index contributed by atoms with van der Waals surface area (Å²) in [6.07, 6.45) is 1.54. The van der Waals surface area contributed by atoms with Crippen LogP contribution in [0.5, 0.6) is 0 Å². The zero-order valence-electron chi connectivity index (χ0n) is 10.1. The lowest BCUT2D eigenvalue weighted by molar-refractivity contribution is -0.141. The van der Waals surface area contributed by atoms with Gasteiger partial charge >= 0.3 is 12.0 Å². The number of aliphatic carboxylic acids is 1. The average molecular weight is 244 g/mol. The highest BCUT2D eigenvalue weighted by Crippen LogP contribution is 2.08. The predicted octanol–water partition coefficient (Wildman–Crippen LogP) is 0.672. The number of carbonyl (C=O) groups is 2. The molecule has 2 amide bonds. The molecule has 1 saturated heterocycles. The van der Waals surface area contributed by atoms with Crippen molar-refractivity contribution in [1.29, 1.82) is 0 Å². The highest BCUT2D eigenvalue weighted by Gasteiger charge is 2.25. The van der Waals surface area contributed by atoms with Crippen LogP contribution in [0, 0.1) is 0 Å². The molecule has 1 aliphatic rings. The number of unbranched alkanes of at least 4 members (excludes halogenated alkanes) is 1. The summed E-state index contributed by atoms with van der Waals surface area (Å²) in [4.78, 5) is 23.9. The Morgan fingerprint density at radius 2 is 2.29 bits per heavy atom. The Balaban J connectivity index is 2.32. The maximum atomic E-state index is 11.7. The van der Waals surface area contributed by atoms with Gasteiger partial charge in [0, 0.05) is 19.6 Å². The number of carboxylic acid groups (broad SMARTS) is 1. The van der Waals surface area contributed by atoms with Gasteiger partial charge in [0.2, 0.25) is 0 Å². The third-order valence-corrected chi connectivity index (χ3v) is 2.63. The number of hydrogen-bond donors (Lipinski definition) is 2. The molecule has 6 heteroatoms. The first kappa shape index (κ1) is 13.8. The summed E-state index contributed by atoms with van der Waals surface area (Å²) in [5.74, 6) is -0.900. The third kappa shape index (κ3) is 5.04. The van der Waals surface area contributed by atoms with E-state index in [1.165, 1.54) is 0 Å². The molecule has 0 saturated carbocycles. The lowest BCUT2D eigenvalue weighted by Crippen LogP contribution is -2.50. The van der Waals surface area contributed by atoms with Gasteiger partial charge in [-0.15, -0.1) is 0 Å². The van der Waals surface area contributed by atoms with Gasteiger partial charge in [-0.1, -0.05) is 13.3 Å². The molecular weight excluding hydrogens is 224 g/mol. The summed E-state index contributed by atoms with van der Waals surface area (Å²) in [5, 5.41) is 11.5. The molecular formula is C11H20N2O4. The molecule has 2 N–H and O–H groups in total. The molecule has 0 radical (unpaired) electrons. The van der Waals surface area contributed by atoms with E-state index in [9.17, 15) is 9.59 Å². The van der Waals surface area contributed by atoms with E-state index < -0.39 is 12.1 Å². The molecule has 17 heavy (non-hydrogen) atoms. The molecule has 1 unspecified atom stereocenters. The lowest BCUT2D eigenvalue weighted by Gasteiger charge is -2.32. The standard InChI is InChI=1S/C11H20N2O4/c1-2-3-4-12-11(16)13-5-6-17-9(8-13)7-10(14)15/h9H,2-8H2,1H3,(H,12,16)(H,14,15). The molecule has 1 heterocycles. The van der Waals surface area contributed by atoms with Crippen molar-refractivity contribution in [2.24, 2.45) is 0 Å². The quantitative estimate of drug-likeness (QED) is 0.697. The van der Waals surface area contributed by atoms with E-state index in [1.54, 1.807) is 4.90 Å². The number of nitrogens with zero attached hydrogens (tertiary/aromatic N) is 1. The van der Waals surface area contributed by atoms with E-state index in [0.29, 0.717) is 26.2 Å². The molecule has 0 aromatic carbocycles. The molecule has 0 spiro atoms. The highest BCUT2D eigenvalue weighted by molar-refractivity contribution is 5.74. The molecule has 1 rings (SSSR count). The van der Waals surface area contributed by atoms with Gasteiger partial charge in [-0.2, -0.15) is 0 Å². The Bertz CT molecular complexity index is 270. The van der Waals surface area contributed by atoms with Crippen molar-refractivity contribution < 1.29 is 19.4 Å². The molecule has 0 aromatic heterocycles. The molecule has 0 bridgehead atoms. The van der Waals surface area contributed by atoms with Crippen molar-refractivity contribution in [2.75, 3.05) is 26.2 Å². The number of ether oxygens (including phenoxy) is 1. The lowest BCUT2D eigenvalue weighted by atomic mass is 10.2. The Labute approximate surface area is 101 Å². The number of hydrogen-bond acceptors (Lipinski definition) is 3. The fourth-order valence-electron chi connectivity index (χ4n) is 1.71. The smallest absolute Gasteiger partial charge is 0.317 e. The number of nitrogens with one attached hydrogen (secondary N) is 1. The normalized spacial score (nSPS) is 20.1. The maximum Gasteiger partial charge on any atom is 0.317 e. The van der Waals surface area contributed by atoms with Crippen molar-refractivity contribution in [3.8, 4) is 0 Å². The van der Waals surface area contributed by atoms with Crippen molar-refractivity contribution in [3.63, 3.8) is 0 Å². The Morgan fingerprint density at radius 3 is 2.94 bits per heavy atom. The first-order chi connectivity index (χ1) is 8.13. The summed E-state index contributed by atoms with van der Waals surface area (Å²) in [6.45, 7) is 4.00. The minimum Gasteiger partial charge on any atom is -0.481 e. The van der Waals surface area contributed by atoms with Gasteiger partial charge in [0.25, 0.3) is 0 Å². The van der Waals surface area contributed by atoms with E-state index in [4.69, 9.17) is 9.84 Å². The zero-order chi connectivity index (χ0) is 12.7. The monoisotopic (exact) mass is 244 g/mol. The second-order valence-electron chi connectivity index (χ2n) is 4.12. The van der Waals surface area contributed by atoms with Crippen LogP contribution in [0.25, 0.3) is 0 Å². The highest BCUT2D eigenvalue weighted by atomic mass is 16.5. The van der Waals surface area contributed by atoms with Gasteiger partial charge in [0.1, 0.15) is 0 Å². The van der Waals surface area contributed by atoms with Gasteiger partial charge in [0.05, 0.1) is 19.1 Å². The average Bonchev–Trinajstić information content (AvgIpc) is 2.28. The number of carboxylic acids is 1. The Hall–Kier alpha value is -1.30. The van der Waals surface area contributed by atoms with Gasteiger partial charge in [-0.25, -0.2) is 4.79 Å². The number of morpholine rings is 1. The fourth-order valence-corrected chi connectivity index (χ4v) is 1.71. The van der Waals surface area contributed by atoms with E-state index in [1.807, 2.05) is 0 Å². The van der Waals surface area contributed by atoms with Crippen LogP contribution in [0.15, 0.2) is 0 Å². The van der Waals surface area contributed by atoms with Crippen LogP contribution < -0.4 is 5.32 Å². The van der Waals surface area contributed by atoms with Crippen LogP contribution in [0.4, 0.5) is 4.79 Å². The number of amides is 2. The van der Waals surface area contributed by atoms with Gasteiger partial charge in [0.15, 0.2) is 0 Å². The zero-order valence-corrected chi connectivity index (χ0v) is 10.1. The third-order valence-electron chi connectivity index (χ3n) is 2.63. The van der Waals surface area contributed by atoms with Crippen molar-refractivity contribution in [3.05, 3.63) is 0 Å². The first-order valence-electron chi connectivity index (χ1n) is 5.99. The van der Waals surface area contributed by atoms with E-state index >= 15 is 0 Å². The Kier molecular flexibility index (Phi) is 5.76. The van der Waals surface area contributed by atoms with E-state index in [2.05, 4.69) is 12.2 Å². The van der Waals surface area contributed by atoms with Crippen LogP contribution in [-0.2, 0) is 9.53 Å². The summed E-state index contributed by atoms with van der Waals surface area (Å²) in [5.41, 5.74) is 0. The molecule has 0 aliphatic carbocycles. The van der Waals surface area contributed by atoms with Crippen molar-refractivity contribution in [2.45, 2.75) is 32.3 Å². The minimum atomic E-state index is -0.900. The summed E-state index contributed by atoms with van der Waals surface area (Å²) >= 11 is 0. The predicted molar refractivity (Wildman–Crippen MR) is 61.9 cm³/mol. The van der Waals surface area contributed by atoms with Crippen LogP contribution >= 0.6 is 0 Å². The summed E-state index contributed by atoms with van der Waals surface area (Å²) < 4.78 is 5.29. The van der Waals surface area contributed by atoms with E-state index in [-0.39, 0.29) is 12.5 Å². The molecule has 1 atom stereocenters. The van der Waals surface area contributed by atoms with Crippen LogP contribution in [-0.4, -0.2) is 54.4 Å². The van der Waals surface area contributed by atoms with Crippen LogP contribution in [0.1, 0.15) is 26.2 Å². The van der Waals surface area contributed by atoms with Crippen molar-refractivity contribution in [1.82, 2.24) is 10.2 Å². The van der Waals surface area contributed by atoms with E-state index in [0.717, 1.165) is 12.8 Å². The fraction of sp³-hybridized carbons (Fsp3) is 0.818. The Morgan fingerprint density at radius 1 is 1.53 bits per heavy atom. The first-order valence-corrected chi connectivity index (χ1v) is 5.99. The largest absolute Gasteiger partial charge is 0.481 e. The van der Waals surface area contributed by atoms with Crippen molar-refractivity contribution >= 4 is 12.0 Å². The second kappa shape index (κ2) is 7.11. The summed E-state index contributed by atoms with van der Waals surface area (Å²) in [7, 11) is 0.